The first-order chi connectivity index (χ1) is 37.2. The first-order valence-electron chi connectivity index (χ1n) is 29.9. The van der Waals surface area contributed by atoms with Crippen LogP contribution in [0.1, 0.15) is 241 Å². The van der Waals surface area contributed by atoms with Gasteiger partial charge in [-0.2, -0.15) is 13.3 Å². The summed E-state index contributed by atoms with van der Waals surface area (Å²) in [6.45, 7) is 52.8. The van der Waals surface area contributed by atoms with Gasteiger partial charge in [0.1, 0.15) is 6.10 Å². The first-order valence-corrected chi connectivity index (χ1v) is 29.9. The molecular formula is C68H129Li3O12. The van der Waals surface area contributed by atoms with Gasteiger partial charge in [-0.3, -0.25) is 0 Å². The maximum absolute atomic E-state index is 11.0. The number of rotatable bonds is 29. The minimum atomic E-state index is -1.02. The average molecular weight is 1160 g/mol. The Bertz CT molecular complexity index is 1520. The fraction of sp³-hybridized carbons (Fsp3) is 0.721. The summed E-state index contributed by atoms with van der Waals surface area (Å²) in [5.74, 6) is 1.65. The number of hydrogen-bond donors (Lipinski definition) is 3. The predicted octanol–water partition coefficient (Wildman–Crippen LogP) is 6.70. The zero-order valence-electron chi connectivity index (χ0n) is 58.4. The van der Waals surface area contributed by atoms with Gasteiger partial charge in [0, 0.05) is 13.7 Å². The Hall–Kier alpha value is -1.99. The van der Waals surface area contributed by atoms with Crippen LogP contribution in [0.5, 0.6) is 0 Å². The average Bonchev–Trinajstić information content (AvgIpc) is 4.33. The van der Waals surface area contributed by atoms with E-state index in [0.29, 0.717) is 13.2 Å². The van der Waals surface area contributed by atoms with Gasteiger partial charge >= 0.3 is 74.5 Å². The van der Waals surface area contributed by atoms with Crippen molar-refractivity contribution in [2.75, 3.05) is 40.1 Å². The van der Waals surface area contributed by atoms with Crippen LogP contribution in [-0.4, -0.2) is 97.2 Å². The van der Waals surface area contributed by atoms with Crippen LogP contribution in [0, 0.1) is 36.5 Å². The third kappa shape index (κ3) is 96.6. The summed E-state index contributed by atoms with van der Waals surface area (Å²) in [5, 5.41) is 34.7. The van der Waals surface area contributed by atoms with Crippen molar-refractivity contribution in [1.82, 2.24) is 0 Å². The van der Waals surface area contributed by atoms with Gasteiger partial charge in [0.05, 0.1) is 19.8 Å². The molecule has 2 aliphatic rings. The van der Waals surface area contributed by atoms with Gasteiger partial charge in [0.2, 0.25) is 0 Å². The molecule has 0 aromatic carbocycles. The van der Waals surface area contributed by atoms with Gasteiger partial charge in [0.15, 0.2) is 12.2 Å². The second-order valence-corrected chi connectivity index (χ2v) is 21.0. The Balaban J connectivity index is -0.0000000813. The van der Waals surface area contributed by atoms with Crippen LogP contribution >= 0.6 is 0 Å². The molecule has 83 heavy (non-hydrogen) atoms. The molecule has 2 saturated heterocycles. The van der Waals surface area contributed by atoms with Gasteiger partial charge in [-0.25, -0.2) is 33.0 Å². The molecule has 0 aromatic heterocycles. The summed E-state index contributed by atoms with van der Waals surface area (Å²) in [6.07, 6.45) is 31.5. The number of unbranched alkanes of at least 4 members (excludes halogenated alkanes) is 1. The molecule has 2 rings (SSSR count). The molecule has 7 unspecified atom stereocenters. The predicted molar refractivity (Wildman–Crippen MR) is 341 cm³/mol. The van der Waals surface area contributed by atoms with E-state index >= 15 is 0 Å². The number of hydrogen-bond acceptors (Lipinski definition) is 11. The molecule has 0 aromatic rings. The van der Waals surface area contributed by atoms with Crippen molar-refractivity contribution >= 4 is 17.9 Å². The summed E-state index contributed by atoms with van der Waals surface area (Å²) in [6, 6.07) is 0. The summed E-state index contributed by atoms with van der Waals surface area (Å²) in [4.78, 5) is 32.3. The maximum atomic E-state index is 11.0. The number of carbonyl (C=O) groups is 3. The van der Waals surface area contributed by atoms with Gasteiger partial charge in [-0.1, -0.05) is 179 Å². The molecule has 0 radical (unpaired) electrons. The largest absolute Gasteiger partial charge is 1.00 e. The Kier molecular flexibility index (Phi) is 102. The van der Waals surface area contributed by atoms with E-state index < -0.39 is 36.2 Å². The molecule has 0 amide bonds. The third-order valence-electron chi connectivity index (χ3n) is 12.3. The van der Waals surface area contributed by atoms with Gasteiger partial charge < -0.3 is 51.3 Å². The van der Waals surface area contributed by atoms with Crippen molar-refractivity contribution in [3.63, 3.8) is 0 Å². The molecule has 5 N–H and O–H groups in total. The zero-order valence-corrected chi connectivity index (χ0v) is 58.4. The van der Waals surface area contributed by atoms with E-state index in [1.807, 2.05) is 6.92 Å². The molecule has 0 spiro atoms. The van der Waals surface area contributed by atoms with Crippen LogP contribution in [-0.2, 0) is 33.3 Å². The number of ether oxygens (including phenoxy) is 4. The number of aliphatic hydroxyl groups excluding tert-OH is 3. The van der Waals surface area contributed by atoms with Crippen molar-refractivity contribution < 1.29 is 116 Å². The number of esters is 3. The molecule has 2 aliphatic heterocycles. The minimum absolute atomic E-state index is 0. The Labute approximate surface area is 549 Å². The van der Waals surface area contributed by atoms with E-state index in [-0.39, 0.29) is 68.7 Å². The molecule has 0 saturated carbocycles. The zero-order chi connectivity index (χ0) is 62.6. The molecule has 2 heterocycles. The van der Waals surface area contributed by atoms with E-state index in [4.69, 9.17) is 20.1 Å². The van der Waals surface area contributed by atoms with Crippen molar-refractivity contribution in [2.24, 2.45) is 23.7 Å². The molecule has 12 nitrogen and oxygen atoms in total. The fourth-order valence-electron chi connectivity index (χ4n) is 5.22. The van der Waals surface area contributed by atoms with Crippen LogP contribution in [0.3, 0.4) is 0 Å². The normalized spacial score (nSPS) is 15.5. The van der Waals surface area contributed by atoms with Gasteiger partial charge in [-0.15, -0.1) is 6.61 Å². The second kappa shape index (κ2) is 80.0. The van der Waals surface area contributed by atoms with Crippen LogP contribution in [0.25, 0.3) is 0 Å². The Morgan fingerprint density at radius 1 is 0.663 bits per heavy atom. The second-order valence-electron chi connectivity index (χ2n) is 21.0. The SMILES string of the molecule is C1CO1.C=C(C)[CH-]CC/C(C)=C/CC(C)CC.C=CC(=C)C.CC1OC(=O)C(C)OC1=O.CCC(C)C/C=C(\C)CCCO.CCC(C)C/C=C(\C)CCCOC(=O)C(C)O.CCC(C)C/C=C(\C)CCC[O-].CO.C[CH-]CC.O.[Li+].[Li+].[Li+]. The molecule has 476 valence electrons. The van der Waals surface area contributed by atoms with Crippen molar-refractivity contribution in [1.29, 1.82) is 0 Å². The number of aliphatic hydroxyl groups is 3. The molecule has 15 heteroatoms. The summed E-state index contributed by atoms with van der Waals surface area (Å²) < 4.78 is 18.6. The minimum Gasteiger partial charge on any atom is -0.854 e. The molecule has 2 fully saturated rings. The fourth-order valence-corrected chi connectivity index (χ4v) is 5.22. The monoisotopic (exact) mass is 1160 g/mol. The van der Waals surface area contributed by atoms with E-state index in [9.17, 15) is 19.5 Å². The van der Waals surface area contributed by atoms with Crippen LogP contribution < -0.4 is 61.7 Å². The maximum Gasteiger partial charge on any atom is 1.00 e. The van der Waals surface area contributed by atoms with Gasteiger partial charge in [0.25, 0.3) is 0 Å². The van der Waals surface area contributed by atoms with Crippen LogP contribution in [0.4, 0.5) is 0 Å². The Morgan fingerprint density at radius 2 is 0.964 bits per heavy atom. The third-order valence-corrected chi connectivity index (χ3v) is 12.3. The van der Waals surface area contributed by atoms with Gasteiger partial charge in [-0.05, 0) is 143 Å². The molecule has 0 bridgehead atoms. The van der Waals surface area contributed by atoms with E-state index in [2.05, 4.69) is 175 Å². The molecular weight excluding hydrogens is 1030 g/mol. The van der Waals surface area contributed by atoms with Crippen LogP contribution in [0.2, 0.25) is 0 Å². The summed E-state index contributed by atoms with van der Waals surface area (Å²) in [7, 11) is 1.00. The van der Waals surface area contributed by atoms with E-state index in [1.54, 1.807) is 6.08 Å². The van der Waals surface area contributed by atoms with Crippen molar-refractivity contribution in [3.05, 3.63) is 96.4 Å². The van der Waals surface area contributed by atoms with Crippen molar-refractivity contribution in [2.45, 2.75) is 259 Å². The summed E-state index contributed by atoms with van der Waals surface area (Å²) in [5.41, 5.74) is 7.86. The van der Waals surface area contributed by atoms with Crippen molar-refractivity contribution in [3.8, 4) is 0 Å². The molecule has 0 aliphatic carbocycles. The number of cyclic esters (lactones) is 2. The number of allylic oxidation sites excluding steroid dienone is 11. The smallest absolute Gasteiger partial charge is 0.854 e. The topological polar surface area (TPSA) is 207 Å². The Morgan fingerprint density at radius 3 is 1.20 bits per heavy atom. The standard InChI is InChI=1S/C14H26O3.C14H25.C11H22O.C11H21O.C6H8O4.C5H8.C4H9.C2H4O.CH4O.3Li.H2O/c1-5-11(2)8-9-12(3)7-6-10-17-14(16)13(4)15;1-6-13(4)10-11-14(5)9-7-8-12(2)3;2*1-4-10(2)7-8-11(3)6-5-9-12;1-3-5(7)10-4(2)6(8)9-3;1-4-5(2)3;1-3-4-2;1-2-3-1;1-2;;;;/h9,11,13,15H,5-8,10H2,1-4H3;8,11,13H,2,6-7,9-10H2,1,3-5H3;8,10,12H,4-7,9H2,1-3H3;8,10H,4-7,9H2,1-3H3;3-4H,1-2H3;4H,1-2H2,3H3;3H,4H2,1-2H3;1-2H2;2H,1H3;;;;1H2/q;-1;;-1;;;-1;;;3*+1;/b12-9+;14-11+;2*11-8+;;;;;;;;;. The number of epoxide rings is 1. The van der Waals surface area contributed by atoms with E-state index in [0.717, 1.165) is 101 Å². The molecule has 7 atom stereocenters. The van der Waals surface area contributed by atoms with Crippen LogP contribution in [0.15, 0.2) is 83.6 Å². The number of carbonyl (C=O) groups excluding carboxylic acids is 3. The first kappa shape index (κ1) is 106. The summed E-state index contributed by atoms with van der Waals surface area (Å²) >= 11 is 0. The van der Waals surface area contributed by atoms with E-state index in [1.165, 1.54) is 106 Å². The quantitative estimate of drug-likeness (QED) is 0.0105.